The molecule has 0 spiro atoms. The smallest absolute Gasteiger partial charge is 0.338 e. The molecule has 0 atom stereocenters. The minimum Gasteiger partial charge on any atom is -0.456 e. The van der Waals surface area contributed by atoms with Gasteiger partial charge >= 0.3 is 5.97 Å². The van der Waals surface area contributed by atoms with Crippen molar-refractivity contribution in [1.82, 2.24) is 9.29 Å². The van der Waals surface area contributed by atoms with E-state index in [0.717, 1.165) is 16.1 Å². The fourth-order valence-electron chi connectivity index (χ4n) is 3.18. The van der Waals surface area contributed by atoms with Crippen LogP contribution in [0.25, 0.3) is 10.6 Å². The van der Waals surface area contributed by atoms with Crippen molar-refractivity contribution < 1.29 is 22.7 Å². The fourth-order valence-corrected chi connectivity index (χ4v) is 5.90. The van der Waals surface area contributed by atoms with Gasteiger partial charge in [-0.3, -0.25) is 0 Å². The molecule has 3 aromatic rings. The Morgan fingerprint density at radius 3 is 2.62 bits per heavy atom. The van der Waals surface area contributed by atoms with Crippen molar-refractivity contribution in [3.8, 4) is 10.6 Å². The average Bonchev–Trinajstić information content (AvgIpc) is 3.28. The summed E-state index contributed by atoms with van der Waals surface area (Å²) in [4.78, 5) is 17.0. The van der Waals surface area contributed by atoms with Crippen molar-refractivity contribution >= 4 is 38.9 Å². The van der Waals surface area contributed by atoms with Crippen molar-refractivity contribution in [3.05, 3.63) is 69.7 Å². The van der Waals surface area contributed by atoms with Crippen molar-refractivity contribution in [2.24, 2.45) is 0 Å². The van der Waals surface area contributed by atoms with E-state index in [1.807, 2.05) is 36.6 Å². The van der Waals surface area contributed by atoms with Crippen LogP contribution in [0.3, 0.4) is 0 Å². The third kappa shape index (κ3) is 5.02. The molecule has 10 heteroatoms. The Bertz CT molecular complexity index is 1220. The zero-order valence-corrected chi connectivity index (χ0v) is 19.7. The number of morpholine rings is 1. The van der Waals surface area contributed by atoms with E-state index in [4.69, 9.17) is 21.1 Å². The van der Waals surface area contributed by atoms with E-state index >= 15 is 0 Å². The van der Waals surface area contributed by atoms with Gasteiger partial charge in [0, 0.05) is 24.0 Å². The van der Waals surface area contributed by atoms with Gasteiger partial charge in [-0.15, -0.1) is 11.3 Å². The van der Waals surface area contributed by atoms with Crippen LogP contribution in [0.15, 0.2) is 52.7 Å². The minimum absolute atomic E-state index is 0.0185. The molecule has 1 aliphatic rings. The molecule has 2 aromatic carbocycles. The SMILES string of the molecule is Cc1ccc(-c2nc(COC(=O)c3ccc(Cl)c(S(=O)(=O)N4CCOCC4)c3)cs2)cc1. The first-order chi connectivity index (χ1) is 15.3. The molecule has 0 saturated carbocycles. The summed E-state index contributed by atoms with van der Waals surface area (Å²) in [6, 6.07) is 12.1. The Morgan fingerprint density at radius 1 is 1.19 bits per heavy atom. The number of aromatic nitrogens is 1. The predicted molar refractivity (Wildman–Crippen MR) is 122 cm³/mol. The van der Waals surface area contributed by atoms with Crippen LogP contribution >= 0.6 is 22.9 Å². The fraction of sp³-hybridized carbons (Fsp3) is 0.273. The van der Waals surface area contributed by atoms with Crippen LogP contribution in [0.2, 0.25) is 5.02 Å². The van der Waals surface area contributed by atoms with Gasteiger partial charge in [-0.2, -0.15) is 4.31 Å². The first kappa shape index (κ1) is 22.9. The van der Waals surface area contributed by atoms with Crippen LogP contribution in [0, 0.1) is 6.92 Å². The lowest BCUT2D eigenvalue weighted by Gasteiger charge is -2.26. The van der Waals surface area contributed by atoms with Gasteiger partial charge in [0.15, 0.2) is 0 Å². The quantitative estimate of drug-likeness (QED) is 0.480. The maximum absolute atomic E-state index is 12.9. The molecule has 32 heavy (non-hydrogen) atoms. The third-order valence-electron chi connectivity index (χ3n) is 4.96. The van der Waals surface area contributed by atoms with Gasteiger partial charge in [-0.25, -0.2) is 18.2 Å². The van der Waals surface area contributed by atoms with Crippen LogP contribution in [0.5, 0.6) is 0 Å². The lowest BCUT2D eigenvalue weighted by molar-refractivity contribution is 0.0468. The number of thiazole rings is 1. The number of carbonyl (C=O) groups excluding carboxylic acids is 1. The summed E-state index contributed by atoms with van der Waals surface area (Å²) in [6.07, 6.45) is 0. The number of carbonyl (C=O) groups is 1. The van der Waals surface area contributed by atoms with Crippen LogP contribution < -0.4 is 0 Å². The highest BCUT2D eigenvalue weighted by atomic mass is 35.5. The van der Waals surface area contributed by atoms with Crippen LogP contribution in [0.4, 0.5) is 0 Å². The Hall–Kier alpha value is -2.30. The van der Waals surface area contributed by atoms with Crippen LogP contribution in [-0.2, 0) is 26.1 Å². The lowest BCUT2D eigenvalue weighted by Crippen LogP contribution is -2.40. The molecular formula is C22H21ClN2O5S2. The van der Waals surface area contributed by atoms with E-state index in [9.17, 15) is 13.2 Å². The zero-order chi connectivity index (χ0) is 22.7. The van der Waals surface area contributed by atoms with Gasteiger partial charge in [0.1, 0.15) is 16.5 Å². The van der Waals surface area contributed by atoms with Crippen LogP contribution in [0.1, 0.15) is 21.6 Å². The highest BCUT2D eigenvalue weighted by Crippen LogP contribution is 2.27. The summed E-state index contributed by atoms with van der Waals surface area (Å²) < 4.78 is 37.8. The number of rotatable bonds is 6. The molecular weight excluding hydrogens is 472 g/mol. The van der Waals surface area contributed by atoms with E-state index in [1.54, 1.807) is 0 Å². The Kier molecular flexibility index (Phi) is 6.92. The first-order valence-electron chi connectivity index (χ1n) is 9.90. The number of halogens is 1. The molecule has 0 unspecified atom stereocenters. The van der Waals surface area contributed by atoms with E-state index in [-0.39, 0.29) is 35.2 Å². The normalized spacial score (nSPS) is 14.9. The molecule has 168 valence electrons. The standard InChI is InChI=1S/C22H21ClN2O5S2/c1-15-2-4-16(5-3-15)21-24-18(14-31-21)13-30-22(26)17-6-7-19(23)20(12-17)32(27,28)25-8-10-29-11-9-25/h2-7,12,14H,8-11,13H2,1H3. The number of benzene rings is 2. The highest BCUT2D eigenvalue weighted by molar-refractivity contribution is 7.89. The number of hydrogen-bond donors (Lipinski definition) is 0. The maximum Gasteiger partial charge on any atom is 0.338 e. The summed E-state index contributed by atoms with van der Waals surface area (Å²) in [5.41, 5.74) is 2.88. The highest BCUT2D eigenvalue weighted by Gasteiger charge is 2.29. The van der Waals surface area contributed by atoms with Gasteiger partial charge in [-0.1, -0.05) is 41.4 Å². The second kappa shape index (κ2) is 9.68. The second-order valence-electron chi connectivity index (χ2n) is 7.25. The van der Waals surface area contributed by atoms with Gasteiger partial charge in [0.25, 0.3) is 0 Å². The maximum atomic E-state index is 12.9. The van der Waals surface area contributed by atoms with E-state index in [2.05, 4.69) is 4.98 Å². The number of sulfonamides is 1. The summed E-state index contributed by atoms with van der Waals surface area (Å²) in [6.45, 7) is 3.11. The second-order valence-corrected chi connectivity index (χ2v) is 10.4. The number of aryl methyl sites for hydroxylation is 1. The van der Waals surface area contributed by atoms with Crippen molar-refractivity contribution in [3.63, 3.8) is 0 Å². The summed E-state index contributed by atoms with van der Waals surface area (Å²) >= 11 is 7.62. The number of ether oxygens (including phenoxy) is 2. The first-order valence-corrected chi connectivity index (χ1v) is 12.6. The zero-order valence-electron chi connectivity index (χ0n) is 17.3. The van der Waals surface area contributed by atoms with Crippen LogP contribution in [-0.4, -0.2) is 50.0 Å². The van der Waals surface area contributed by atoms with Crippen molar-refractivity contribution in [2.75, 3.05) is 26.3 Å². The molecule has 1 aliphatic heterocycles. The van der Waals surface area contributed by atoms with E-state index < -0.39 is 16.0 Å². The molecule has 0 bridgehead atoms. The molecule has 0 amide bonds. The van der Waals surface area contributed by atoms with E-state index in [1.165, 1.54) is 33.8 Å². The molecule has 1 fully saturated rings. The molecule has 2 heterocycles. The molecule has 4 rings (SSSR count). The summed E-state index contributed by atoms with van der Waals surface area (Å²) in [5, 5.41) is 2.72. The van der Waals surface area contributed by atoms with E-state index in [0.29, 0.717) is 18.9 Å². The number of hydrogen-bond acceptors (Lipinski definition) is 7. The number of esters is 1. The molecule has 0 N–H and O–H groups in total. The molecule has 1 saturated heterocycles. The largest absolute Gasteiger partial charge is 0.456 e. The van der Waals surface area contributed by atoms with Crippen molar-refractivity contribution in [1.29, 1.82) is 0 Å². The molecule has 0 aliphatic carbocycles. The Morgan fingerprint density at radius 2 is 1.91 bits per heavy atom. The van der Waals surface area contributed by atoms with Gasteiger partial charge in [0.05, 0.1) is 29.5 Å². The topological polar surface area (TPSA) is 85.8 Å². The molecule has 0 radical (unpaired) electrons. The monoisotopic (exact) mass is 492 g/mol. The Labute approximate surface area is 195 Å². The van der Waals surface area contributed by atoms with Crippen molar-refractivity contribution in [2.45, 2.75) is 18.4 Å². The average molecular weight is 493 g/mol. The van der Waals surface area contributed by atoms with Gasteiger partial charge in [-0.05, 0) is 25.1 Å². The lowest BCUT2D eigenvalue weighted by atomic mass is 10.2. The summed E-state index contributed by atoms with van der Waals surface area (Å²) in [7, 11) is -3.84. The predicted octanol–water partition coefficient (Wildman–Crippen LogP) is 4.15. The third-order valence-corrected chi connectivity index (χ3v) is 8.28. The number of nitrogens with zero attached hydrogens (tertiary/aromatic N) is 2. The van der Waals surface area contributed by atoms with Gasteiger partial charge < -0.3 is 9.47 Å². The summed E-state index contributed by atoms with van der Waals surface area (Å²) in [5.74, 6) is -0.648. The van der Waals surface area contributed by atoms with Gasteiger partial charge in [0.2, 0.25) is 10.0 Å². The molecule has 7 nitrogen and oxygen atoms in total. The Balaban J connectivity index is 1.46. The molecule has 1 aromatic heterocycles. The minimum atomic E-state index is -3.84.